The number of amides is 2. The summed E-state index contributed by atoms with van der Waals surface area (Å²) in [4.78, 5) is 22.7. The molecule has 0 heterocycles. The van der Waals surface area contributed by atoms with Crippen molar-refractivity contribution >= 4 is 23.7 Å². The lowest BCUT2D eigenvalue weighted by molar-refractivity contribution is -0.105. The molecule has 114 valence electrons. The molecule has 0 spiro atoms. The van der Waals surface area contributed by atoms with E-state index in [1.54, 1.807) is 12.1 Å². The standard InChI is InChI=1S/C14H13N3O5/c15-17(10-3-1-2-9(6-10)16-7-18)14(22)8-4-11(19)13(21)12(20)5-8/h1-7,19-21H,15H2,(H,16,18). The predicted octanol–water partition coefficient (Wildman–Crippen LogP) is 0.892. The van der Waals surface area contributed by atoms with Gasteiger partial charge in [-0.3, -0.25) is 9.59 Å². The van der Waals surface area contributed by atoms with E-state index in [2.05, 4.69) is 5.32 Å². The number of hydrogen-bond acceptors (Lipinski definition) is 6. The molecular formula is C14H13N3O5. The quantitative estimate of drug-likeness (QED) is 0.187. The highest BCUT2D eigenvalue weighted by atomic mass is 16.3. The molecule has 0 aliphatic carbocycles. The number of hydrazine groups is 1. The second-order valence-corrected chi connectivity index (χ2v) is 4.35. The molecule has 2 amide bonds. The van der Waals surface area contributed by atoms with Crippen LogP contribution in [0.25, 0.3) is 0 Å². The third-order valence-corrected chi connectivity index (χ3v) is 2.89. The number of carbonyl (C=O) groups excluding carboxylic acids is 2. The van der Waals surface area contributed by atoms with Crippen LogP contribution in [-0.4, -0.2) is 27.6 Å². The molecule has 0 atom stereocenters. The number of nitrogens with one attached hydrogen (secondary N) is 1. The Labute approximate surface area is 125 Å². The highest BCUT2D eigenvalue weighted by Crippen LogP contribution is 2.35. The minimum Gasteiger partial charge on any atom is -0.504 e. The molecule has 0 fully saturated rings. The minimum atomic E-state index is -0.728. The van der Waals surface area contributed by atoms with Crippen LogP contribution in [0.15, 0.2) is 36.4 Å². The fraction of sp³-hybridized carbons (Fsp3) is 0. The van der Waals surface area contributed by atoms with E-state index in [1.807, 2.05) is 0 Å². The van der Waals surface area contributed by atoms with Gasteiger partial charge in [-0.1, -0.05) is 6.07 Å². The Morgan fingerprint density at radius 1 is 1.14 bits per heavy atom. The lowest BCUT2D eigenvalue weighted by Crippen LogP contribution is -2.37. The Morgan fingerprint density at radius 3 is 2.36 bits per heavy atom. The maximum absolute atomic E-state index is 12.2. The topological polar surface area (TPSA) is 136 Å². The van der Waals surface area contributed by atoms with Gasteiger partial charge in [-0.25, -0.2) is 10.9 Å². The van der Waals surface area contributed by atoms with E-state index >= 15 is 0 Å². The van der Waals surface area contributed by atoms with Crippen LogP contribution in [0.2, 0.25) is 0 Å². The van der Waals surface area contributed by atoms with E-state index in [9.17, 15) is 24.9 Å². The second-order valence-electron chi connectivity index (χ2n) is 4.35. The SMILES string of the molecule is NN(C(=O)c1cc(O)c(O)c(O)c1)c1cccc(NC=O)c1. The van der Waals surface area contributed by atoms with Crippen LogP contribution < -0.4 is 16.2 Å². The first-order valence-corrected chi connectivity index (χ1v) is 6.08. The number of aromatic hydroxyl groups is 3. The van der Waals surface area contributed by atoms with Crippen molar-refractivity contribution in [1.29, 1.82) is 0 Å². The molecular weight excluding hydrogens is 290 g/mol. The molecule has 22 heavy (non-hydrogen) atoms. The summed E-state index contributed by atoms with van der Waals surface area (Å²) in [5, 5.41) is 31.3. The highest BCUT2D eigenvalue weighted by molar-refractivity contribution is 6.06. The molecule has 0 bridgehead atoms. The van der Waals surface area contributed by atoms with Crippen molar-refractivity contribution in [3.8, 4) is 17.2 Å². The fourth-order valence-electron chi connectivity index (χ4n) is 1.80. The van der Waals surface area contributed by atoms with Gasteiger partial charge in [-0.15, -0.1) is 0 Å². The van der Waals surface area contributed by atoms with Crippen molar-refractivity contribution in [3.63, 3.8) is 0 Å². The van der Waals surface area contributed by atoms with Crippen LogP contribution in [0.1, 0.15) is 10.4 Å². The number of rotatable bonds is 4. The van der Waals surface area contributed by atoms with Crippen molar-refractivity contribution in [2.45, 2.75) is 0 Å². The van der Waals surface area contributed by atoms with Crippen LogP contribution in [0, 0.1) is 0 Å². The highest BCUT2D eigenvalue weighted by Gasteiger charge is 2.18. The summed E-state index contributed by atoms with van der Waals surface area (Å²) in [6.45, 7) is 0. The first-order chi connectivity index (χ1) is 10.4. The Balaban J connectivity index is 2.33. The summed E-state index contributed by atoms with van der Waals surface area (Å²) in [6.07, 6.45) is 0.484. The molecule has 2 aromatic carbocycles. The Bertz CT molecular complexity index is 709. The van der Waals surface area contributed by atoms with Crippen molar-refractivity contribution in [2.24, 2.45) is 5.84 Å². The number of phenolic OH excluding ortho intramolecular Hbond substituents is 3. The van der Waals surface area contributed by atoms with E-state index in [-0.39, 0.29) is 11.3 Å². The Hall–Kier alpha value is -3.26. The number of phenols is 3. The maximum Gasteiger partial charge on any atom is 0.272 e. The van der Waals surface area contributed by atoms with E-state index in [4.69, 9.17) is 5.84 Å². The van der Waals surface area contributed by atoms with Crippen LogP contribution >= 0.6 is 0 Å². The van der Waals surface area contributed by atoms with Gasteiger partial charge in [0.15, 0.2) is 17.2 Å². The molecule has 0 aliphatic rings. The summed E-state index contributed by atoms with van der Waals surface area (Å²) in [5.74, 6) is 2.97. The molecule has 0 aromatic heterocycles. The summed E-state index contributed by atoms with van der Waals surface area (Å²) in [5.41, 5.74) is 0.597. The largest absolute Gasteiger partial charge is 0.504 e. The zero-order valence-electron chi connectivity index (χ0n) is 11.2. The average Bonchev–Trinajstić information content (AvgIpc) is 2.51. The van der Waals surface area contributed by atoms with Gasteiger partial charge in [0, 0.05) is 11.3 Å². The molecule has 8 heteroatoms. The lowest BCUT2D eigenvalue weighted by Gasteiger charge is -2.18. The number of nitrogens with zero attached hydrogens (tertiary/aromatic N) is 1. The van der Waals surface area contributed by atoms with Crippen molar-refractivity contribution in [3.05, 3.63) is 42.0 Å². The first kappa shape index (κ1) is 15.1. The third-order valence-electron chi connectivity index (χ3n) is 2.89. The molecule has 0 radical (unpaired) electrons. The molecule has 0 saturated carbocycles. The molecule has 8 nitrogen and oxygen atoms in total. The summed E-state index contributed by atoms with van der Waals surface area (Å²) in [6, 6.07) is 8.14. The van der Waals surface area contributed by atoms with Gasteiger partial charge < -0.3 is 20.6 Å². The smallest absolute Gasteiger partial charge is 0.272 e. The lowest BCUT2D eigenvalue weighted by atomic mass is 10.1. The molecule has 0 saturated heterocycles. The summed E-state index contributed by atoms with van der Waals surface area (Å²) in [7, 11) is 0. The van der Waals surface area contributed by atoms with E-state index < -0.39 is 23.2 Å². The van der Waals surface area contributed by atoms with Crippen LogP contribution in [0.5, 0.6) is 17.2 Å². The summed E-state index contributed by atoms with van der Waals surface area (Å²) >= 11 is 0. The van der Waals surface area contributed by atoms with Crippen LogP contribution in [0.4, 0.5) is 11.4 Å². The zero-order valence-corrected chi connectivity index (χ0v) is 11.2. The fourth-order valence-corrected chi connectivity index (χ4v) is 1.80. The normalized spacial score (nSPS) is 10.0. The van der Waals surface area contributed by atoms with Gasteiger partial charge in [-0.05, 0) is 30.3 Å². The number of anilines is 2. The van der Waals surface area contributed by atoms with Crippen molar-refractivity contribution < 1.29 is 24.9 Å². The van der Waals surface area contributed by atoms with Gasteiger partial charge in [0.05, 0.1) is 5.69 Å². The van der Waals surface area contributed by atoms with Crippen molar-refractivity contribution in [1.82, 2.24) is 0 Å². The van der Waals surface area contributed by atoms with Gasteiger partial charge in [0.1, 0.15) is 0 Å². The first-order valence-electron chi connectivity index (χ1n) is 6.08. The third kappa shape index (κ3) is 2.91. The molecule has 0 aliphatic heterocycles. The van der Waals surface area contributed by atoms with E-state index in [0.29, 0.717) is 12.1 Å². The van der Waals surface area contributed by atoms with E-state index in [1.165, 1.54) is 12.1 Å². The molecule has 2 aromatic rings. The molecule has 2 rings (SSSR count). The number of benzene rings is 2. The predicted molar refractivity (Wildman–Crippen MR) is 78.6 cm³/mol. The average molecular weight is 303 g/mol. The van der Waals surface area contributed by atoms with Gasteiger partial charge in [-0.2, -0.15) is 0 Å². The Morgan fingerprint density at radius 2 is 1.77 bits per heavy atom. The van der Waals surface area contributed by atoms with Crippen LogP contribution in [0.3, 0.4) is 0 Å². The van der Waals surface area contributed by atoms with Crippen molar-refractivity contribution in [2.75, 3.05) is 10.3 Å². The maximum atomic E-state index is 12.2. The number of carbonyl (C=O) groups is 2. The van der Waals surface area contributed by atoms with E-state index in [0.717, 1.165) is 17.1 Å². The number of hydrogen-bond donors (Lipinski definition) is 5. The Kier molecular flexibility index (Phi) is 4.14. The van der Waals surface area contributed by atoms with Gasteiger partial charge in [0.2, 0.25) is 6.41 Å². The monoisotopic (exact) mass is 303 g/mol. The molecule has 0 unspecified atom stereocenters. The van der Waals surface area contributed by atoms with Gasteiger partial charge in [0.25, 0.3) is 5.91 Å². The summed E-state index contributed by atoms with van der Waals surface area (Å²) < 4.78 is 0. The van der Waals surface area contributed by atoms with Crippen LogP contribution in [-0.2, 0) is 4.79 Å². The molecule has 6 N–H and O–H groups in total. The van der Waals surface area contributed by atoms with Gasteiger partial charge >= 0.3 is 0 Å². The minimum absolute atomic E-state index is 0.121. The number of nitrogens with two attached hydrogens (primary N) is 1. The second kappa shape index (κ2) is 6.02. The zero-order chi connectivity index (χ0) is 16.3.